The lowest BCUT2D eigenvalue weighted by Crippen LogP contribution is -2.24. The highest BCUT2D eigenvalue weighted by atomic mass is 16.5. The van der Waals surface area contributed by atoms with Crippen molar-refractivity contribution in [3.05, 3.63) is 169 Å². The molecule has 0 fully saturated rings. The minimum absolute atomic E-state index is 0.0687. The van der Waals surface area contributed by atoms with Crippen LogP contribution in [0.15, 0.2) is 152 Å². The molecule has 0 bridgehead atoms. The van der Waals surface area contributed by atoms with Crippen LogP contribution in [0, 0.1) is 5.41 Å². The molecule has 1 aliphatic heterocycles. The van der Waals surface area contributed by atoms with Crippen LogP contribution in [-0.2, 0) is 6.54 Å². The fraction of sp³-hybridized carbons (Fsp3) is 0.154. The summed E-state index contributed by atoms with van der Waals surface area (Å²) >= 11 is 0. The van der Waals surface area contributed by atoms with Crippen molar-refractivity contribution < 1.29 is 4.74 Å². The fourth-order valence-corrected chi connectivity index (χ4v) is 5.16. The van der Waals surface area contributed by atoms with E-state index in [9.17, 15) is 0 Å². The van der Waals surface area contributed by atoms with Crippen LogP contribution in [0.1, 0.15) is 29.1 Å². The molecule has 4 aromatic carbocycles. The Morgan fingerprint density at radius 3 is 2.20 bits per heavy atom. The number of aromatic nitrogens is 1. The zero-order valence-electron chi connectivity index (χ0n) is 26.8. The summed E-state index contributed by atoms with van der Waals surface area (Å²) in [6.45, 7) is 3.28. The second kappa shape index (κ2) is 17.8. The van der Waals surface area contributed by atoms with Crippen LogP contribution in [0.4, 0.5) is 11.4 Å². The lowest BCUT2D eigenvalue weighted by atomic mass is 10.0. The number of rotatable bonds is 10. The Bertz CT molecular complexity index is 1620. The lowest BCUT2D eigenvalue weighted by Gasteiger charge is -2.27. The molecule has 236 valence electrons. The average Bonchev–Trinajstić information content (AvgIpc) is 3.76. The molecule has 2 atom stereocenters. The zero-order chi connectivity index (χ0) is 32.6. The minimum Gasteiger partial charge on any atom is -0.464 e. The third kappa shape index (κ3) is 9.08. The quantitative estimate of drug-likeness (QED) is 0.0941. The Morgan fingerprint density at radius 1 is 0.848 bits per heavy atom. The summed E-state index contributed by atoms with van der Waals surface area (Å²) in [6, 6.07) is 41.8. The largest absolute Gasteiger partial charge is 0.464 e. The van der Waals surface area contributed by atoms with E-state index in [-0.39, 0.29) is 12.3 Å². The van der Waals surface area contributed by atoms with Gasteiger partial charge in [-0.25, -0.2) is 0 Å². The normalized spacial score (nSPS) is 14.0. The average molecular weight is 613 g/mol. The highest BCUT2D eigenvalue weighted by molar-refractivity contribution is 5.60. The van der Waals surface area contributed by atoms with Crippen LogP contribution in [0.5, 0.6) is 5.75 Å². The number of hydrogen-bond acceptors (Lipinski definition) is 6. The predicted molar refractivity (Wildman–Crippen MR) is 193 cm³/mol. The number of fused-ring (bicyclic) bond motifs is 1. The summed E-state index contributed by atoms with van der Waals surface area (Å²) < 4.78 is 8.39. The second-order valence-corrected chi connectivity index (χ2v) is 10.6. The Balaban J connectivity index is 0.000000908. The van der Waals surface area contributed by atoms with Gasteiger partial charge in [0.2, 0.25) is 0 Å². The van der Waals surface area contributed by atoms with Crippen LogP contribution < -0.4 is 20.7 Å². The number of anilines is 2. The van der Waals surface area contributed by atoms with Gasteiger partial charge in [0, 0.05) is 41.6 Å². The zero-order valence-corrected chi connectivity index (χ0v) is 26.8. The van der Waals surface area contributed by atoms with Crippen LogP contribution in [0.25, 0.3) is 5.69 Å². The maximum Gasteiger partial charge on any atom is 0.196 e. The van der Waals surface area contributed by atoms with Crippen molar-refractivity contribution in [1.82, 2.24) is 14.8 Å². The Kier molecular flexibility index (Phi) is 13.0. The van der Waals surface area contributed by atoms with Crippen molar-refractivity contribution in [2.45, 2.75) is 18.8 Å². The highest BCUT2D eigenvalue weighted by Gasteiger charge is 2.23. The first-order valence-corrected chi connectivity index (χ1v) is 15.3. The van der Waals surface area contributed by atoms with Crippen LogP contribution in [0.3, 0.4) is 0 Å². The van der Waals surface area contributed by atoms with Gasteiger partial charge in [-0.3, -0.25) is 4.90 Å². The van der Waals surface area contributed by atoms with E-state index in [2.05, 4.69) is 130 Å². The molecule has 0 spiro atoms. The topological polar surface area (TPSA) is 77.3 Å². The molecular formula is C39H44N6O. The molecular weight excluding hydrogens is 568 g/mol. The first kappa shape index (κ1) is 33.5. The van der Waals surface area contributed by atoms with E-state index < -0.39 is 0 Å². The minimum atomic E-state index is -0.186. The third-order valence-corrected chi connectivity index (χ3v) is 7.28. The summed E-state index contributed by atoms with van der Waals surface area (Å²) in [7, 11) is 5.93. The van der Waals surface area contributed by atoms with E-state index in [4.69, 9.17) is 10.1 Å². The summed E-state index contributed by atoms with van der Waals surface area (Å²) in [4.78, 5) is 2.37. The summed E-state index contributed by atoms with van der Waals surface area (Å²) in [6.07, 6.45) is 10.3. The molecule has 1 aromatic heterocycles. The smallest absolute Gasteiger partial charge is 0.196 e. The molecule has 2 heterocycles. The van der Waals surface area contributed by atoms with E-state index in [0.29, 0.717) is 0 Å². The van der Waals surface area contributed by atoms with Gasteiger partial charge in [0.25, 0.3) is 0 Å². The molecule has 4 N–H and O–H groups in total. The van der Waals surface area contributed by atoms with Gasteiger partial charge < -0.3 is 30.7 Å². The summed E-state index contributed by atoms with van der Waals surface area (Å²) in [5.41, 5.74) is 6.80. The van der Waals surface area contributed by atoms with Crippen LogP contribution in [0.2, 0.25) is 0 Å². The maximum absolute atomic E-state index is 6.14. The number of para-hydroxylation sites is 4. The van der Waals surface area contributed by atoms with Crippen molar-refractivity contribution >= 4 is 18.1 Å². The van der Waals surface area contributed by atoms with Gasteiger partial charge in [0.1, 0.15) is 5.75 Å². The molecule has 7 nitrogen and oxygen atoms in total. The highest BCUT2D eigenvalue weighted by Crippen LogP contribution is 2.37. The SMILES string of the molecule is C=N.CN(Cc1cccn1-c1ccccc1)C(/C=C/C=C\Nc1ccccc1)c1ccc(C2Nc3ccccc3O2)cc1.CNC. The van der Waals surface area contributed by atoms with Crippen molar-refractivity contribution in [2.75, 3.05) is 31.8 Å². The monoisotopic (exact) mass is 612 g/mol. The molecule has 0 aliphatic carbocycles. The molecule has 46 heavy (non-hydrogen) atoms. The first-order valence-electron chi connectivity index (χ1n) is 15.3. The number of benzene rings is 4. The van der Waals surface area contributed by atoms with Crippen molar-refractivity contribution in [2.24, 2.45) is 0 Å². The maximum atomic E-state index is 6.14. The molecule has 1 aliphatic rings. The molecule has 2 unspecified atom stereocenters. The molecule has 0 radical (unpaired) electrons. The number of nitrogens with zero attached hydrogens (tertiary/aromatic N) is 2. The van der Waals surface area contributed by atoms with Gasteiger partial charge in [-0.05, 0) is 88.0 Å². The number of nitrogens with one attached hydrogen (secondary N) is 4. The van der Waals surface area contributed by atoms with Gasteiger partial charge in [0.15, 0.2) is 6.23 Å². The number of allylic oxidation sites excluding steroid dienone is 2. The number of ether oxygens (including phenoxy) is 1. The second-order valence-electron chi connectivity index (χ2n) is 10.6. The van der Waals surface area contributed by atoms with E-state index >= 15 is 0 Å². The van der Waals surface area contributed by atoms with E-state index in [0.717, 1.165) is 34.9 Å². The van der Waals surface area contributed by atoms with Crippen LogP contribution in [-0.4, -0.2) is 37.3 Å². The molecule has 0 saturated carbocycles. The third-order valence-electron chi connectivity index (χ3n) is 7.28. The van der Waals surface area contributed by atoms with Gasteiger partial charge >= 0.3 is 0 Å². The fourth-order valence-electron chi connectivity index (χ4n) is 5.16. The van der Waals surface area contributed by atoms with Crippen molar-refractivity contribution in [1.29, 1.82) is 5.41 Å². The molecule has 6 rings (SSSR count). The van der Waals surface area contributed by atoms with E-state index in [1.54, 1.807) is 0 Å². The first-order chi connectivity index (χ1) is 22.7. The molecule has 5 aromatic rings. The van der Waals surface area contributed by atoms with Crippen molar-refractivity contribution in [3.8, 4) is 11.4 Å². The Hall–Kier alpha value is -5.37. The predicted octanol–water partition coefficient (Wildman–Crippen LogP) is 8.44. The number of likely N-dealkylation sites (N-methyl/N-ethyl adjacent to an activating group) is 1. The molecule has 0 saturated heterocycles. The van der Waals surface area contributed by atoms with E-state index in [1.165, 1.54) is 11.3 Å². The number of hydrogen-bond donors (Lipinski definition) is 4. The van der Waals surface area contributed by atoms with Gasteiger partial charge in [-0.2, -0.15) is 0 Å². The van der Waals surface area contributed by atoms with Crippen LogP contribution >= 0.6 is 0 Å². The van der Waals surface area contributed by atoms with Gasteiger partial charge in [-0.15, -0.1) is 0 Å². The lowest BCUT2D eigenvalue weighted by molar-refractivity contribution is 0.259. The van der Waals surface area contributed by atoms with Gasteiger partial charge in [-0.1, -0.05) is 84.9 Å². The standard InChI is InChI=1S/C36H34N4O.C2H7N.CH3N/c1-39(27-32-17-12-26-40(32)31-15-6-3-7-16-31)34(19-10-11-25-37-30-13-4-2-5-14-30)28-21-23-29(24-22-28)36-38-33-18-8-9-20-35(33)41-36;1-3-2;1-2/h2-26,34,36-38H,27H2,1H3;3H,1-2H3;2H,1H2/b19-10+,25-11-;;. The van der Waals surface area contributed by atoms with E-state index in [1.807, 2.05) is 74.9 Å². The van der Waals surface area contributed by atoms with Crippen molar-refractivity contribution in [3.63, 3.8) is 0 Å². The summed E-state index contributed by atoms with van der Waals surface area (Å²) in [5, 5.41) is 15.0. The molecule has 7 heteroatoms. The molecule has 0 amide bonds. The Labute approximate surface area is 273 Å². The van der Waals surface area contributed by atoms with Gasteiger partial charge in [0.05, 0.1) is 11.7 Å². The Morgan fingerprint density at radius 2 is 1.50 bits per heavy atom. The summed E-state index contributed by atoms with van der Waals surface area (Å²) in [5.74, 6) is 0.888.